The predicted octanol–water partition coefficient (Wildman–Crippen LogP) is 1.04. The number of para-hydroxylation sites is 1. The second-order valence-corrected chi connectivity index (χ2v) is 5.18. The normalized spacial score (nSPS) is 15.4. The van der Waals surface area contributed by atoms with Crippen molar-refractivity contribution in [3.63, 3.8) is 0 Å². The molecule has 0 aromatic heterocycles. The summed E-state index contributed by atoms with van der Waals surface area (Å²) >= 11 is 0. The van der Waals surface area contributed by atoms with E-state index in [2.05, 4.69) is 5.32 Å². The van der Waals surface area contributed by atoms with Crippen LogP contribution >= 0.6 is 0 Å². The van der Waals surface area contributed by atoms with Crippen LogP contribution in [0.1, 0.15) is 30.1 Å². The zero-order valence-corrected chi connectivity index (χ0v) is 12.1. The van der Waals surface area contributed by atoms with Gasteiger partial charge in [0.05, 0.1) is 10.5 Å². The first kappa shape index (κ1) is 15.7. The Bertz CT molecular complexity index is 608. The van der Waals surface area contributed by atoms with Crippen molar-refractivity contribution in [1.82, 2.24) is 10.2 Å². The van der Waals surface area contributed by atoms with Gasteiger partial charge in [-0.3, -0.25) is 19.7 Å². The van der Waals surface area contributed by atoms with Crippen molar-refractivity contribution in [3.8, 4) is 5.75 Å². The van der Waals surface area contributed by atoms with Crippen LogP contribution in [-0.4, -0.2) is 45.9 Å². The molecule has 1 heterocycles. The monoisotopic (exact) mass is 307 g/mol. The molecule has 2 amide bonds. The Balaban J connectivity index is 2.03. The molecule has 0 atom stereocenters. The smallest absolute Gasteiger partial charge is 0.311 e. The molecule has 1 fully saturated rings. The zero-order valence-electron chi connectivity index (χ0n) is 12.1. The lowest BCUT2D eigenvalue weighted by atomic mass is 10.0. The molecule has 0 spiro atoms. The van der Waals surface area contributed by atoms with Crippen molar-refractivity contribution >= 4 is 17.5 Å². The van der Waals surface area contributed by atoms with E-state index in [9.17, 15) is 24.8 Å². The van der Waals surface area contributed by atoms with Gasteiger partial charge in [0, 0.05) is 32.1 Å². The van der Waals surface area contributed by atoms with Crippen molar-refractivity contribution in [2.75, 3.05) is 13.1 Å². The number of phenols is 1. The van der Waals surface area contributed by atoms with E-state index >= 15 is 0 Å². The highest BCUT2D eigenvalue weighted by Crippen LogP contribution is 2.29. The van der Waals surface area contributed by atoms with Gasteiger partial charge in [-0.1, -0.05) is 6.07 Å². The fraction of sp³-hybridized carbons (Fsp3) is 0.429. The number of piperidine rings is 1. The largest absolute Gasteiger partial charge is 0.502 e. The maximum atomic E-state index is 12.1. The lowest BCUT2D eigenvalue weighted by Gasteiger charge is -2.31. The van der Waals surface area contributed by atoms with E-state index in [1.54, 1.807) is 4.90 Å². The number of nitro benzene ring substituents is 1. The van der Waals surface area contributed by atoms with E-state index in [0.29, 0.717) is 25.9 Å². The molecule has 0 unspecified atom stereocenters. The molecule has 8 heteroatoms. The fourth-order valence-corrected chi connectivity index (χ4v) is 2.46. The molecule has 118 valence electrons. The fourth-order valence-electron chi connectivity index (χ4n) is 2.46. The number of carbonyl (C=O) groups excluding carboxylic acids is 2. The van der Waals surface area contributed by atoms with Crippen LogP contribution in [0.4, 0.5) is 5.69 Å². The minimum atomic E-state index is -0.739. The second-order valence-electron chi connectivity index (χ2n) is 5.18. The van der Waals surface area contributed by atoms with Gasteiger partial charge in [-0.2, -0.15) is 0 Å². The lowest BCUT2D eigenvalue weighted by molar-refractivity contribution is -0.385. The summed E-state index contributed by atoms with van der Waals surface area (Å²) in [6, 6.07) is 3.70. The molecule has 1 aromatic rings. The number of aromatic hydroxyl groups is 1. The summed E-state index contributed by atoms with van der Waals surface area (Å²) in [6.45, 7) is 2.61. The summed E-state index contributed by atoms with van der Waals surface area (Å²) in [5, 5.41) is 23.3. The molecule has 1 saturated heterocycles. The highest BCUT2D eigenvalue weighted by atomic mass is 16.6. The summed E-state index contributed by atoms with van der Waals surface area (Å²) < 4.78 is 0. The Labute approximate surface area is 126 Å². The third kappa shape index (κ3) is 3.33. The number of carbonyl (C=O) groups is 2. The molecule has 2 N–H and O–H groups in total. The average Bonchev–Trinajstić information content (AvgIpc) is 2.47. The van der Waals surface area contributed by atoms with Crippen molar-refractivity contribution in [2.45, 2.75) is 25.8 Å². The minimum Gasteiger partial charge on any atom is -0.502 e. The average molecular weight is 307 g/mol. The van der Waals surface area contributed by atoms with E-state index < -0.39 is 22.3 Å². The number of nitrogens with one attached hydrogen (secondary N) is 1. The molecule has 22 heavy (non-hydrogen) atoms. The van der Waals surface area contributed by atoms with Crippen LogP contribution < -0.4 is 5.32 Å². The van der Waals surface area contributed by atoms with Crippen molar-refractivity contribution in [1.29, 1.82) is 0 Å². The van der Waals surface area contributed by atoms with Crippen LogP contribution in [0.15, 0.2) is 18.2 Å². The van der Waals surface area contributed by atoms with Gasteiger partial charge in [0.1, 0.15) is 0 Å². The number of phenolic OH excluding ortho intramolecular Hbond substituents is 1. The molecule has 1 aliphatic heterocycles. The molecule has 0 aliphatic carbocycles. The van der Waals surface area contributed by atoms with Crippen LogP contribution in [0.2, 0.25) is 0 Å². The van der Waals surface area contributed by atoms with Gasteiger partial charge in [-0.05, 0) is 18.9 Å². The highest BCUT2D eigenvalue weighted by Gasteiger charge is 2.25. The molecule has 0 bridgehead atoms. The number of nitrogens with zero attached hydrogens (tertiary/aromatic N) is 2. The van der Waals surface area contributed by atoms with Gasteiger partial charge >= 0.3 is 5.69 Å². The summed E-state index contributed by atoms with van der Waals surface area (Å²) in [7, 11) is 0. The Morgan fingerprint density at radius 1 is 1.36 bits per heavy atom. The maximum absolute atomic E-state index is 12.1. The first-order valence-electron chi connectivity index (χ1n) is 6.93. The van der Waals surface area contributed by atoms with Crippen LogP contribution in [0.3, 0.4) is 0 Å². The number of amides is 2. The standard InChI is InChI=1S/C14H17N3O5/c1-9(18)16-7-5-10(6-8-16)15-14(20)11-3-2-4-12(13(11)19)17(21)22/h2-4,10,19H,5-8H2,1H3,(H,15,20). The summed E-state index contributed by atoms with van der Waals surface area (Å²) in [4.78, 5) is 35.1. The predicted molar refractivity (Wildman–Crippen MR) is 77.5 cm³/mol. The van der Waals surface area contributed by atoms with Crippen molar-refractivity contribution in [2.24, 2.45) is 0 Å². The third-order valence-corrected chi connectivity index (χ3v) is 3.73. The van der Waals surface area contributed by atoms with Crippen LogP contribution in [0.5, 0.6) is 5.75 Å². The molecule has 1 aromatic carbocycles. The van der Waals surface area contributed by atoms with Crippen LogP contribution in [0.25, 0.3) is 0 Å². The van der Waals surface area contributed by atoms with Gasteiger partial charge in [0.25, 0.3) is 5.91 Å². The topological polar surface area (TPSA) is 113 Å². The van der Waals surface area contributed by atoms with E-state index in [1.807, 2.05) is 0 Å². The lowest BCUT2D eigenvalue weighted by Crippen LogP contribution is -2.46. The zero-order chi connectivity index (χ0) is 16.3. The number of hydrogen-bond acceptors (Lipinski definition) is 5. The quantitative estimate of drug-likeness (QED) is 0.640. The highest BCUT2D eigenvalue weighted by molar-refractivity contribution is 5.98. The number of rotatable bonds is 3. The Hall–Kier alpha value is -2.64. The Kier molecular flexibility index (Phi) is 4.59. The minimum absolute atomic E-state index is 0.00102. The van der Waals surface area contributed by atoms with Crippen molar-refractivity contribution in [3.05, 3.63) is 33.9 Å². The second kappa shape index (κ2) is 6.42. The summed E-state index contributed by atoms with van der Waals surface area (Å²) in [5.41, 5.74) is -0.623. The SMILES string of the molecule is CC(=O)N1CCC(NC(=O)c2cccc([N+](=O)[O-])c2O)CC1. The van der Waals surface area contributed by atoms with Gasteiger partial charge in [-0.15, -0.1) is 0 Å². The number of benzene rings is 1. The van der Waals surface area contributed by atoms with Crippen LogP contribution in [0, 0.1) is 10.1 Å². The molecular weight excluding hydrogens is 290 g/mol. The number of likely N-dealkylation sites (tertiary alicyclic amines) is 1. The molecule has 0 radical (unpaired) electrons. The third-order valence-electron chi connectivity index (χ3n) is 3.73. The van der Waals surface area contributed by atoms with Gasteiger partial charge in [0.2, 0.25) is 11.7 Å². The summed E-state index contributed by atoms with van der Waals surface area (Å²) in [5.74, 6) is -1.19. The van der Waals surface area contributed by atoms with Crippen LogP contribution in [-0.2, 0) is 4.79 Å². The molecule has 1 aliphatic rings. The first-order valence-corrected chi connectivity index (χ1v) is 6.93. The van der Waals surface area contributed by atoms with Gasteiger partial charge < -0.3 is 15.3 Å². The molecule has 0 saturated carbocycles. The first-order chi connectivity index (χ1) is 10.4. The van der Waals surface area contributed by atoms with E-state index in [4.69, 9.17) is 0 Å². The maximum Gasteiger partial charge on any atom is 0.311 e. The number of nitro groups is 1. The van der Waals surface area contributed by atoms with Crippen molar-refractivity contribution < 1.29 is 19.6 Å². The van der Waals surface area contributed by atoms with Gasteiger partial charge in [-0.25, -0.2) is 0 Å². The number of hydrogen-bond donors (Lipinski definition) is 2. The Morgan fingerprint density at radius 2 is 2.00 bits per heavy atom. The molecule has 2 rings (SSSR count). The molecule has 8 nitrogen and oxygen atoms in total. The van der Waals surface area contributed by atoms with E-state index in [1.165, 1.54) is 19.1 Å². The summed E-state index contributed by atoms with van der Waals surface area (Å²) in [6.07, 6.45) is 1.22. The molecular formula is C14H17N3O5. The Morgan fingerprint density at radius 3 is 2.55 bits per heavy atom. The van der Waals surface area contributed by atoms with E-state index in [0.717, 1.165) is 6.07 Å². The van der Waals surface area contributed by atoms with Gasteiger partial charge in [0.15, 0.2) is 0 Å². The van der Waals surface area contributed by atoms with E-state index in [-0.39, 0.29) is 17.5 Å².